The molecule has 0 aliphatic carbocycles. The third kappa shape index (κ3) is 5.99. The van der Waals surface area contributed by atoms with Gasteiger partial charge in [-0.15, -0.1) is 0 Å². The van der Waals surface area contributed by atoms with Gasteiger partial charge in [-0.3, -0.25) is 9.59 Å². The number of carbonyl (C=O) groups excluding carboxylic acids is 2. The molecule has 2 amide bonds. The summed E-state index contributed by atoms with van der Waals surface area (Å²) in [7, 11) is 0. The predicted molar refractivity (Wildman–Crippen MR) is 154 cm³/mol. The normalized spacial score (nSPS) is 11.3. The maximum absolute atomic E-state index is 14.3. The molecule has 3 aromatic heterocycles. The molecule has 3 heterocycles. The van der Waals surface area contributed by atoms with Gasteiger partial charge in [-0.2, -0.15) is 10.4 Å². The van der Waals surface area contributed by atoms with E-state index in [-0.39, 0.29) is 41.0 Å². The number of nitrogens with zero attached hydrogens (tertiary/aromatic N) is 5. The van der Waals surface area contributed by atoms with Gasteiger partial charge in [-0.1, -0.05) is 29.7 Å². The van der Waals surface area contributed by atoms with Gasteiger partial charge in [0.25, 0.3) is 11.8 Å². The van der Waals surface area contributed by atoms with Crippen molar-refractivity contribution >= 4 is 29.1 Å². The lowest BCUT2D eigenvalue weighted by Crippen LogP contribution is -2.32. The quantitative estimate of drug-likeness (QED) is 0.275. The van der Waals surface area contributed by atoms with Gasteiger partial charge in [-0.05, 0) is 67.4 Å². The summed E-state index contributed by atoms with van der Waals surface area (Å²) in [5.74, 6) is 4.68. The Hall–Kier alpha value is -5.45. The lowest BCUT2D eigenvalue weighted by atomic mass is 10.1. The predicted octanol–water partition coefficient (Wildman–Crippen LogP) is 4.52. The standard InChI is InChI=1S/C31H23ClFN7O2/c1-20(29-25(32)7-3-8-26(29)33)38-31(42)27-13-12-23(18-34)39(27)16-15-35-30(41)22-6-2-5-21(17-22)10-11-24-19-36-28-9-4-14-37-40(24)28/h2-9,12-14,17,19-20H,15-16H2,1H3,(H,35,41)(H,38,42)/t20-/m0/s1. The highest BCUT2D eigenvalue weighted by Crippen LogP contribution is 2.26. The molecule has 0 aliphatic heterocycles. The van der Waals surface area contributed by atoms with Crippen LogP contribution in [-0.2, 0) is 6.54 Å². The summed E-state index contributed by atoms with van der Waals surface area (Å²) in [6, 6.07) is 19.1. The average molecular weight is 580 g/mol. The van der Waals surface area contributed by atoms with E-state index in [0.717, 1.165) is 0 Å². The number of carbonyl (C=O) groups is 2. The van der Waals surface area contributed by atoms with E-state index >= 15 is 0 Å². The molecule has 0 aliphatic rings. The SMILES string of the molecule is C[C@H](NC(=O)c1ccc(C#N)n1CCNC(=O)c1cccc(C#Cc2cnc3cccnn23)c1)c1c(F)cccc1Cl. The van der Waals surface area contributed by atoms with Crippen LogP contribution in [0.25, 0.3) is 5.65 Å². The Balaban J connectivity index is 1.24. The molecule has 9 nitrogen and oxygen atoms in total. The van der Waals surface area contributed by atoms with Gasteiger partial charge in [-0.25, -0.2) is 13.9 Å². The van der Waals surface area contributed by atoms with Crippen LogP contribution >= 0.6 is 11.6 Å². The van der Waals surface area contributed by atoms with Crippen molar-refractivity contribution in [2.45, 2.75) is 19.5 Å². The molecule has 1 atom stereocenters. The van der Waals surface area contributed by atoms with Crippen LogP contribution in [-0.4, -0.2) is 37.5 Å². The zero-order valence-corrected chi connectivity index (χ0v) is 23.1. The monoisotopic (exact) mass is 579 g/mol. The van der Waals surface area contributed by atoms with Crippen LogP contribution in [0.5, 0.6) is 0 Å². The van der Waals surface area contributed by atoms with Crippen LogP contribution < -0.4 is 10.6 Å². The number of aromatic nitrogens is 4. The number of hydrogen-bond donors (Lipinski definition) is 2. The highest BCUT2D eigenvalue weighted by molar-refractivity contribution is 6.31. The van der Waals surface area contributed by atoms with Gasteiger partial charge >= 0.3 is 0 Å². The number of imidazole rings is 1. The van der Waals surface area contributed by atoms with Crippen molar-refractivity contribution in [2.75, 3.05) is 6.54 Å². The minimum atomic E-state index is -0.723. The van der Waals surface area contributed by atoms with E-state index in [1.807, 2.05) is 6.07 Å². The summed E-state index contributed by atoms with van der Waals surface area (Å²) in [6.07, 6.45) is 3.28. The molecule has 11 heteroatoms. The molecule has 0 spiro atoms. The summed E-state index contributed by atoms with van der Waals surface area (Å²) in [6.45, 7) is 1.91. The first kappa shape index (κ1) is 28.1. The van der Waals surface area contributed by atoms with Crippen molar-refractivity contribution in [3.63, 3.8) is 0 Å². The Labute approximate surface area is 245 Å². The number of hydrogen-bond acceptors (Lipinski definition) is 5. The molecule has 0 saturated carbocycles. The Bertz CT molecular complexity index is 1890. The van der Waals surface area contributed by atoms with E-state index < -0.39 is 17.8 Å². The molecule has 0 saturated heterocycles. The van der Waals surface area contributed by atoms with Crippen molar-refractivity contribution in [2.24, 2.45) is 0 Å². The Kier molecular flexibility index (Phi) is 8.28. The zero-order chi connectivity index (χ0) is 29.6. The zero-order valence-electron chi connectivity index (χ0n) is 22.3. The molecule has 0 unspecified atom stereocenters. The summed E-state index contributed by atoms with van der Waals surface area (Å²) >= 11 is 6.14. The highest BCUT2D eigenvalue weighted by Gasteiger charge is 2.21. The third-order valence-corrected chi connectivity index (χ3v) is 6.80. The molecule has 0 bridgehead atoms. The van der Waals surface area contributed by atoms with E-state index in [0.29, 0.717) is 22.5 Å². The van der Waals surface area contributed by atoms with E-state index in [1.54, 1.807) is 60.2 Å². The number of halogens is 2. The molecule has 0 radical (unpaired) electrons. The van der Waals surface area contributed by atoms with E-state index in [4.69, 9.17) is 11.6 Å². The minimum Gasteiger partial charge on any atom is -0.350 e. The molecule has 42 heavy (non-hydrogen) atoms. The third-order valence-electron chi connectivity index (χ3n) is 6.47. The maximum Gasteiger partial charge on any atom is 0.268 e. The first-order chi connectivity index (χ1) is 20.4. The van der Waals surface area contributed by atoms with Crippen molar-refractivity contribution in [3.8, 4) is 17.9 Å². The highest BCUT2D eigenvalue weighted by atomic mass is 35.5. The second-order valence-electron chi connectivity index (χ2n) is 9.22. The lowest BCUT2D eigenvalue weighted by Gasteiger charge is -2.18. The van der Waals surface area contributed by atoms with Gasteiger partial charge in [0.05, 0.1) is 12.2 Å². The smallest absolute Gasteiger partial charge is 0.268 e. The second-order valence-corrected chi connectivity index (χ2v) is 9.63. The molecular weight excluding hydrogens is 557 g/mol. The first-order valence-electron chi connectivity index (χ1n) is 12.9. The molecule has 0 fully saturated rings. The Morgan fingerprint density at radius 2 is 1.88 bits per heavy atom. The molecule has 5 rings (SSSR count). The van der Waals surface area contributed by atoms with E-state index in [2.05, 4.69) is 38.6 Å². The van der Waals surface area contributed by atoms with Gasteiger partial charge in [0.2, 0.25) is 0 Å². The number of nitriles is 1. The summed E-state index contributed by atoms with van der Waals surface area (Å²) in [5, 5.41) is 19.5. The number of rotatable bonds is 7. The summed E-state index contributed by atoms with van der Waals surface area (Å²) in [5.41, 5.74) is 2.94. The topological polar surface area (TPSA) is 117 Å². The summed E-state index contributed by atoms with van der Waals surface area (Å²) < 4.78 is 17.5. The first-order valence-corrected chi connectivity index (χ1v) is 13.3. The van der Waals surface area contributed by atoms with Crippen LogP contribution in [0.1, 0.15) is 56.3 Å². The minimum absolute atomic E-state index is 0.139. The second kappa shape index (κ2) is 12.4. The van der Waals surface area contributed by atoms with Crippen LogP contribution in [0, 0.1) is 29.0 Å². The van der Waals surface area contributed by atoms with E-state index in [1.165, 1.54) is 28.8 Å². The Morgan fingerprint density at radius 1 is 1.05 bits per heavy atom. The van der Waals surface area contributed by atoms with Crippen molar-refractivity contribution < 1.29 is 14.0 Å². The van der Waals surface area contributed by atoms with Gasteiger partial charge in [0, 0.05) is 41.0 Å². The Morgan fingerprint density at radius 3 is 2.69 bits per heavy atom. The number of benzene rings is 2. The molecule has 208 valence electrons. The van der Waals surface area contributed by atoms with Gasteiger partial charge < -0.3 is 15.2 Å². The fraction of sp³-hybridized carbons (Fsp3) is 0.129. The van der Waals surface area contributed by atoms with Crippen LogP contribution in [0.4, 0.5) is 4.39 Å². The lowest BCUT2D eigenvalue weighted by molar-refractivity contribution is 0.0930. The summed E-state index contributed by atoms with van der Waals surface area (Å²) in [4.78, 5) is 30.2. The van der Waals surface area contributed by atoms with Crippen molar-refractivity contribution in [1.82, 2.24) is 29.8 Å². The van der Waals surface area contributed by atoms with Crippen molar-refractivity contribution in [1.29, 1.82) is 5.26 Å². The van der Waals surface area contributed by atoms with Crippen LogP contribution in [0.3, 0.4) is 0 Å². The van der Waals surface area contributed by atoms with Crippen molar-refractivity contribution in [3.05, 3.63) is 124 Å². The number of nitrogens with one attached hydrogen (secondary N) is 2. The van der Waals surface area contributed by atoms with Gasteiger partial charge in [0.1, 0.15) is 29.0 Å². The van der Waals surface area contributed by atoms with E-state index in [9.17, 15) is 19.2 Å². The largest absolute Gasteiger partial charge is 0.350 e. The molecular formula is C31H23ClFN7O2. The number of amides is 2. The van der Waals surface area contributed by atoms with Crippen LogP contribution in [0.15, 0.2) is 79.1 Å². The molecule has 2 N–H and O–H groups in total. The average Bonchev–Trinajstić information content (AvgIpc) is 3.60. The maximum atomic E-state index is 14.3. The number of fused-ring (bicyclic) bond motifs is 1. The van der Waals surface area contributed by atoms with Gasteiger partial charge in [0.15, 0.2) is 5.65 Å². The fourth-order valence-electron chi connectivity index (χ4n) is 4.44. The molecule has 5 aromatic rings. The fourth-order valence-corrected chi connectivity index (χ4v) is 4.77. The molecule has 2 aromatic carbocycles. The van der Waals surface area contributed by atoms with Crippen LogP contribution in [0.2, 0.25) is 5.02 Å².